The van der Waals surface area contributed by atoms with Crippen LogP contribution in [0.3, 0.4) is 0 Å². The van der Waals surface area contributed by atoms with Crippen LogP contribution in [0.25, 0.3) is 0 Å². The Balaban J connectivity index is 1.06. The molecule has 4 aliphatic heterocycles. The van der Waals surface area contributed by atoms with Crippen LogP contribution in [0.2, 0.25) is 0 Å². The lowest BCUT2D eigenvalue weighted by molar-refractivity contribution is -0.136. The molecule has 4 atom stereocenters. The molecule has 4 heterocycles. The zero-order valence-corrected chi connectivity index (χ0v) is 20.4. The molecule has 2 saturated heterocycles. The molecule has 186 valence electrons. The van der Waals surface area contributed by atoms with Crippen LogP contribution in [-0.2, 0) is 21.5 Å². The predicted molar refractivity (Wildman–Crippen MR) is 129 cm³/mol. The second-order valence-corrected chi connectivity index (χ2v) is 11.9. The third-order valence-electron chi connectivity index (χ3n) is 10.3. The van der Waals surface area contributed by atoms with E-state index in [9.17, 15) is 14.4 Å². The summed E-state index contributed by atoms with van der Waals surface area (Å²) in [6.07, 6.45) is 10.1. The van der Waals surface area contributed by atoms with Gasteiger partial charge in [0.05, 0.1) is 13.2 Å². The lowest BCUT2D eigenvalue weighted by atomic mass is 9.73. The number of fused-ring (bicyclic) bond motifs is 5. The summed E-state index contributed by atoms with van der Waals surface area (Å²) < 4.78 is 6.34. The topological polar surface area (TPSA) is 79.0 Å². The molecule has 1 spiro atoms. The monoisotopic (exact) mass is 477 g/mol. The predicted octanol–water partition coefficient (Wildman–Crippen LogP) is 3.00. The number of amides is 3. The quantitative estimate of drug-likeness (QED) is 0.677. The Bertz CT molecular complexity index is 1090. The van der Waals surface area contributed by atoms with Crippen molar-refractivity contribution in [2.45, 2.75) is 75.8 Å². The molecule has 7 rings (SSSR count). The summed E-state index contributed by atoms with van der Waals surface area (Å²) in [6.45, 7) is 4.58. The Labute approximate surface area is 206 Å². The van der Waals surface area contributed by atoms with E-state index in [1.54, 1.807) is 4.90 Å². The van der Waals surface area contributed by atoms with Crippen molar-refractivity contribution in [3.05, 3.63) is 28.8 Å². The highest BCUT2D eigenvalue weighted by atomic mass is 16.5. The Kier molecular flexibility index (Phi) is 5.02. The fourth-order valence-electron chi connectivity index (χ4n) is 8.31. The summed E-state index contributed by atoms with van der Waals surface area (Å²) in [5.74, 6) is 3.02. The van der Waals surface area contributed by atoms with E-state index in [1.165, 1.54) is 44.2 Å². The molecule has 7 heteroatoms. The number of carbonyl (C=O) groups is 3. The number of rotatable bonds is 3. The van der Waals surface area contributed by atoms with Gasteiger partial charge in [0.25, 0.3) is 5.91 Å². The summed E-state index contributed by atoms with van der Waals surface area (Å²) in [6, 6.07) is 3.48. The zero-order chi connectivity index (χ0) is 23.7. The summed E-state index contributed by atoms with van der Waals surface area (Å²) in [4.78, 5) is 41.5. The summed E-state index contributed by atoms with van der Waals surface area (Å²) >= 11 is 0. The highest BCUT2D eigenvalue weighted by molar-refractivity contribution is 6.05. The fourth-order valence-corrected chi connectivity index (χ4v) is 8.31. The van der Waals surface area contributed by atoms with Gasteiger partial charge >= 0.3 is 0 Å². The molecule has 0 aromatic heterocycles. The minimum Gasteiger partial charge on any atom is -0.492 e. The normalized spacial score (nSPS) is 33.6. The van der Waals surface area contributed by atoms with E-state index in [4.69, 9.17) is 4.74 Å². The first-order valence-corrected chi connectivity index (χ1v) is 13.7. The summed E-state index contributed by atoms with van der Waals surface area (Å²) in [5.41, 5.74) is 2.87. The van der Waals surface area contributed by atoms with Crippen LogP contribution in [0.5, 0.6) is 5.75 Å². The number of hydrogen-bond acceptors (Lipinski definition) is 5. The third-order valence-corrected chi connectivity index (χ3v) is 10.3. The Morgan fingerprint density at radius 1 is 1.03 bits per heavy atom. The van der Waals surface area contributed by atoms with Gasteiger partial charge < -0.3 is 14.5 Å². The van der Waals surface area contributed by atoms with Crippen molar-refractivity contribution in [2.24, 2.45) is 17.8 Å². The molecular weight excluding hydrogens is 442 g/mol. The largest absolute Gasteiger partial charge is 0.492 e. The number of carbonyl (C=O) groups excluding carboxylic acids is 3. The van der Waals surface area contributed by atoms with E-state index in [-0.39, 0.29) is 29.6 Å². The van der Waals surface area contributed by atoms with Crippen LogP contribution < -0.4 is 10.1 Å². The lowest BCUT2D eigenvalue weighted by Crippen LogP contribution is -2.52. The fraction of sp³-hybridized carbons (Fsp3) is 0.679. The molecule has 2 saturated carbocycles. The second-order valence-electron chi connectivity index (χ2n) is 11.9. The van der Waals surface area contributed by atoms with E-state index in [1.807, 2.05) is 6.07 Å². The van der Waals surface area contributed by atoms with Gasteiger partial charge in [0.15, 0.2) is 0 Å². The molecule has 2 aliphatic carbocycles. The first-order chi connectivity index (χ1) is 17.0. The number of nitrogens with zero attached hydrogens (tertiary/aromatic N) is 2. The Morgan fingerprint density at radius 3 is 2.71 bits per heavy atom. The molecule has 1 N–H and O–H groups in total. The van der Waals surface area contributed by atoms with Crippen LogP contribution >= 0.6 is 0 Å². The molecule has 0 radical (unpaired) electrons. The molecule has 1 aromatic rings. The van der Waals surface area contributed by atoms with Crippen LogP contribution in [0, 0.1) is 17.8 Å². The van der Waals surface area contributed by atoms with Crippen LogP contribution in [0.1, 0.15) is 79.3 Å². The van der Waals surface area contributed by atoms with E-state index in [2.05, 4.69) is 16.3 Å². The number of likely N-dealkylation sites (tertiary alicyclic amines) is 1. The molecule has 1 aromatic carbocycles. The van der Waals surface area contributed by atoms with Gasteiger partial charge in [0.1, 0.15) is 11.8 Å². The Hall–Kier alpha value is -2.41. The number of benzene rings is 1. The van der Waals surface area contributed by atoms with Crippen molar-refractivity contribution in [2.75, 3.05) is 26.2 Å². The third kappa shape index (κ3) is 3.37. The molecule has 6 aliphatic rings. The molecule has 3 amide bonds. The van der Waals surface area contributed by atoms with Crippen LogP contribution in [0.15, 0.2) is 12.1 Å². The minimum absolute atomic E-state index is 0.0392. The van der Waals surface area contributed by atoms with Crippen molar-refractivity contribution < 1.29 is 19.1 Å². The maximum absolute atomic E-state index is 13.2. The average Bonchev–Trinajstić information content (AvgIpc) is 3.61. The van der Waals surface area contributed by atoms with E-state index >= 15 is 0 Å². The number of imide groups is 1. The van der Waals surface area contributed by atoms with Crippen molar-refractivity contribution in [1.29, 1.82) is 0 Å². The van der Waals surface area contributed by atoms with Gasteiger partial charge in [-0.3, -0.25) is 19.7 Å². The van der Waals surface area contributed by atoms with Crippen molar-refractivity contribution in [1.82, 2.24) is 15.1 Å². The van der Waals surface area contributed by atoms with Crippen molar-refractivity contribution >= 4 is 17.7 Å². The minimum atomic E-state index is -0.586. The maximum Gasteiger partial charge on any atom is 0.255 e. The number of ether oxygens (including phenoxy) is 1. The smallest absolute Gasteiger partial charge is 0.255 e. The van der Waals surface area contributed by atoms with E-state index in [0.29, 0.717) is 25.1 Å². The molecule has 4 unspecified atom stereocenters. The second kappa shape index (κ2) is 8.05. The summed E-state index contributed by atoms with van der Waals surface area (Å²) in [5, 5.41) is 2.39. The van der Waals surface area contributed by atoms with Gasteiger partial charge in [-0.2, -0.15) is 0 Å². The SMILES string of the molecule is O=C1CCC(N2Cc3c(ccc4c3OCC43CCN(CC4CCC5CCCC54)CC3)C2=O)C(=O)N1. The van der Waals surface area contributed by atoms with Gasteiger partial charge in [-0.05, 0) is 75.4 Å². The zero-order valence-electron chi connectivity index (χ0n) is 20.4. The van der Waals surface area contributed by atoms with Gasteiger partial charge in [-0.15, -0.1) is 0 Å². The van der Waals surface area contributed by atoms with Crippen molar-refractivity contribution in [3.8, 4) is 5.75 Å². The number of hydrogen-bond donors (Lipinski definition) is 1. The summed E-state index contributed by atoms with van der Waals surface area (Å²) in [7, 11) is 0. The van der Waals surface area contributed by atoms with Crippen LogP contribution in [0.4, 0.5) is 0 Å². The molecule has 4 fully saturated rings. The highest BCUT2D eigenvalue weighted by Gasteiger charge is 2.48. The average molecular weight is 478 g/mol. The van der Waals surface area contributed by atoms with Gasteiger partial charge in [0, 0.05) is 35.1 Å². The standard InChI is InChI=1S/C28H35N3O4/c32-24-9-8-23(26(33)29-24)31-15-21-20(27(31)34)6-7-22-25(21)35-16-28(22)10-12-30(13-11-28)14-18-5-4-17-2-1-3-19(17)18/h6-7,17-19,23H,1-5,8-16H2,(H,29,32,33). The van der Waals surface area contributed by atoms with Gasteiger partial charge in [-0.1, -0.05) is 18.9 Å². The van der Waals surface area contributed by atoms with Gasteiger partial charge in [-0.25, -0.2) is 0 Å². The Morgan fingerprint density at radius 2 is 1.89 bits per heavy atom. The first-order valence-electron chi connectivity index (χ1n) is 13.7. The van der Waals surface area contributed by atoms with Crippen LogP contribution in [-0.4, -0.2) is 59.8 Å². The lowest BCUT2D eigenvalue weighted by Gasteiger charge is -2.40. The highest BCUT2D eigenvalue weighted by Crippen LogP contribution is 2.51. The molecule has 35 heavy (non-hydrogen) atoms. The van der Waals surface area contributed by atoms with Gasteiger partial charge in [0.2, 0.25) is 11.8 Å². The molecule has 0 bridgehead atoms. The molecule has 7 nitrogen and oxygen atoms in total. The molecular formula is C28H35N3O4. The van der Waals surface area contributed by atoms with E-state index < -0.39 is 6.04 Å². The number of piperidine rings is 2. The first kappa shape index (κ1) is 21.8. The maximum atomic E-state index is 13.2. The van der Waals surface area contributed by atoms with E-state index in [0.717, 1.165) is 55.0 Å². The number of nitrogens with one attached hydrogen (secondary N) is 1. The van der Waals surface area contributed by atoms with Crippen molar-refractivity contribution in [3.63, 3.8) is 0 Å².